The number of carboxylic acid groups (broad SMARTS) is 1. The van der Waals surface area contributed by atoms with Gasteiger partial charge in [0.05, 0.1) is 19.7 Å². The summed E-state index contributed by atoms with van der Waals surface area (Å²) in [5.41, 5.74) is 1.63. The second kappa shape index (κ2) is 7.69. The largest absolute Gasteiger partial charge is 0.497 e. The van der Waals surface area contributed by atoms with E-state index in [0.717, 1.165) is 5.39 Å². The van der Waals surface area contributed by atoms with E-state index < -0.39 is 12.6 Å². The highest BCUT2D eigenvalue weighted by Gasteiger charge is 2.14. The molecule has 2 aromatic carbocycles. The molecule has 0 aliphatic rings. The molecule has 0 fully saturated rings. The lowest BCUT2D eigenvalue weighted by Crippen LogP contribution is -2.12. The lowest BCUT2D eigenvalue weighted by Gasteiger charge is -2.06. The highest BCUT2D eigenvalue weighted by atomic mass is 16.5. The van der Waals surface area contributed by atoms with Crippen LogP contribution in [0.4, 0.5) is 5.69 Å². The summed E-state index contributed by atoms with van der Waals surface area (Å²) < 4.78 is 15.6. The maximum atomic E-state index is 12.5. The van der Waals surface area contributed by atoms with Crippen molar-refractivity contribution in [3.05, 3.63) is 48.2 Å². The Morgan fingerprint density at radius 2 is 1.78 bits per heavy atom. The number of carbonyl (C=O) groups is 2. The molecule has 0 saturated carbocycles. The summed E-state index contributed by atoms with van der Waals surface area (Å²) in [7, 11) is 3.11. The molecule has 0 spiro atoms. The molecule has 8 heteroatoms. The molecule has 0 radical (unpaired) electrons. The molecule has 0 aliphatic heterocycles. The van der Waals surface area contributed by atoms with Gasteiger partial charge in [0, 0.05) is 23.2 Å². The Balaban J connectivity index is 1.77. The van der Waals surface area contributed by atoms with Crippen LogP contribution in [-0.4, -0.2) is 42.8 Å². The summed E-state index contributed by atoms with van der Waals surface area (Å²) >= 11 is 0. The van der Waals surface area contributed by atoms with Crippen LogP contribution in [0, 0.1) is 0 Å². The van der Waals surface area contributed by atoms with Crippen LogP contribution in [0.3, 0.4) is 0 Å². The number of carbonyl (C=O) groups excluding carboxylic acids is 1. The number of H-pyrrole nitrogens is 1. The van der Waals surface area contributed by atoms with Crippen molar-refractivity contribution < 1.29 is 28.9 Å². The number of methoxy groups -OCH3 is 2. The zero-order valence-corrected chi connectivity index (χ0v) is 14.7. The molecule has 0 bridgehead atoms. The van der Waals surface area contributed by atoms with Crippen LogP contribution >= 0.6 is 0 Å². The lowest BCUT2D eigenvalue weighted by molar-refractivity contribution is -0.139. The van der Waals surface area contributed by atoms with Gasteiger partial charge in [0.15, 0.2) is 6.61 Å². The SMILES string of the molecule is COc1cc(OC)c2cc(C(=O)Nc3ccc(OCC(=O)O)cc3)[nH]c2c1. The van der Waals surface area contributed by atoms with Crippen LogP contribution in [0.2, 0.25) is 0 Å². The van der Waals surface area contributed by atoms with E-state index in [-0.39, 0.29) is 5.91 Å². The monoisotopic (exact) mass is 370 g/mol. The second-order valence-corrected chi connectivity index (χ2v) is 5.63. The van der Waals surface area contributed by atoms with Crippen molar-refractivity contribution in [2.75, 3.05) is 26.1 Å². The van der Waals surface area contributed by atoms with Gasteiger partial charge in [0.25, 0.3) is 5.91 Å². The Labute approximate surface area is 154 Å². The number of amides is 1. The van der Waals surface area contributed by atoms with Gasteiger partial charge in [-0.05, 0) is 30.3 Å². The summed E-state index contributed by atoms with van der Waals surface area (Å²) in [5, 5.41) is 12.1. The number of anilines is 1. The normalized spacial score (nSPS) is 10.4. The molecule has 0 unspecified atom stereocenters. The molecule has 3 N–H and O–H groups in total. The van der Waals surface area contributed by atoms with E-state index >= 15 is 0 Å². The Morgan fingerprint density at radius 1 is 1.04 bits per heavy atom. The molecule has 1 aromatic heterocycles. The van der Waals surface area contributed by atoms with Crippen molar-refractivity contribution in [3.63, 3.8) is 0 Å². The number of benzene rings is 2. The first-order chi connectivity index (χ1) is 13.0. The van der Waals surface area contributed by atoms with Crippen LogP contribution in [0.5, 0.6) is 17.2 Å². The van der Waals surface area contributed by atoms with Crippen LogP contribution in [0.1, 0.15) is 10.5 Å². The quantitative estimate of drug-likeness (QED) is 0.590. The second-order valence-electron chi connectivity index (χ2n) is 5.63. The maximum Gasteiger partial charge on any atom is 0.341 e. The highest BCUT2D eigenvalue weighted by Crippen LogP contribution is 2.31. The van der Waals surface area contributed by atoms with Gasteiger partial charge in [-0.15, -0.1) is 0 Å². The number of fused-ring (bicyclic) bond motifs is 1. The predicted octanol–water partition coefficient (Wildman–Crippen LogP) is 2.90. The summed E-state index contributed by atoms with van der Waals surface area (Å²) in [5.74, 6) is 0.229. The smallest absolute Gasteiger partial charge is 0.341 e. The van der Waals surface area contributed by atoms with Crippen LogP contribution in [-0.2, 0) is 4.79 Å². The number of ether oxygens (including phenoxy) is 3. The van der Waals surface area contributed by atoms with Crippen molar-refractivity contribution in [1.82, 2.24) is 4.98 Å². The average Bonchev–Trinajstić information content (AvgIpc) is 3.10. The van der Waals surface area contributed by atoms with Crippen molar-refractivity contribution in [2.24, 2.45) is 0 Å². The maximum absolute atomic E-state index is 12.5. The Morgan fingerprint density at radius 3 is 2.41 bits per heavy atom. The van der Waals surface area contributed by atoms with Gasteiger partial charge in [0.2, 0.25) is 0 Å². The van der Waals surface area contributed by atoms with Crippen LogP contribution < -0.4 is 19.5 Å². The number of carboxylic acids is 1. The number of nitrogens with one attached hydrogen (secondary N) is 2. The third-order valence-electron chi connectivity index (χ3n) is 3.85. The number of hydrogen-bond acceptors (Lipinski definition) is 5. The summed E-state index contributed by atoms with van der Waals surface area (Å²) in [6, 6.07) is 11.6. The first-order valence-electron chi connectivity index (χ1n) is 8.01. The third-order valence-corrected chi connectivity index (χ3v) is 3.85. The van der Waals surface area contributed by atoms with Gasteiger partial charge in [-0.25, -0.2) is 4.79 Å². The molecule has 8 nitrogen and oxygen atoms in total. The van der Waals surface area contributed by atoms with E-state index in [1.54, 1.807) is 56.7 Å². The fraction of sp³-hybridized carbons (Fsp3) is 0.158. The van der Waals surface area contributed by atoms with E-state index in [2.05, 4.69) is 10.3 Å². The average molecular weight is 370 g/mol. The standard InChI is InChI=1S/C19H18N2O6/c1-25-13-7-15-14(17(8-13)26-2)9-16(21-15)19(24)20-11-3-5-12(6-4-11)27-10-18(22)23/h3-9,21H,10H2,1-2H3,(H,20,24)(H,22,23). The molecule has 0 atom stereocenters. The minimum Gasteiger partial charge on any atom is -0.497 e. The summed E-state index contributed by atoms with van der Waals surface area (Å²) in [6.45, 7) is -0.425. The van der Waals surface area contributed by atoms with Gasteiger partial charge in [-0.1, -0.05) is 0 Å². The molecular formula is C19H18N2O6. The number of aromatic amines is 1. The van der Waals surface area contributed by atoms with Gasteiger partial charge in [-0.2, -0.15) is 0 Å². The topological polar surface area (TPSA) is 110 Å². The van der Waals surface area contributed by atoms with E-state index in [4.69, 9.17) is 19.3 Å². The minimum absolute atomic E-state index is 0.327. The molecule has 3 aromatic rings. The lowest BCUT2D eigenvalue weighted by atomic mass is 10.2. The van der Waals surface area contributed by atoms with E-state index in [9.17, 15) is 9.59 Å². The van der Waals surface area contributed by atoms with E-state index in [0.29, 0.717) is 34.1 Å². The fourth-order valence-electron chi connectivity index (χ4n) is 2.57. The van der Waals surface area contributed by atoms with E-state index in [1.165, 1.54) is 0 Å². The number of rotatable bonds is 7. The third kappa shape index (κ3) is 4.12. The first kappa shape index (κ1) is 18.1. The van der Waals surface area contributed by atoms with Gasteiger partial charge >= 0.3 is 5.97 Å². The van der Waals surface area contributed by atoms with Crippen molar-refractivity contribution in [3.8, 4) is 17.2 Å². The van der Waals surface area contributed by atoms with E-state index in [1.807, 2.05) is 0 Å². The first-order valence-corrected chi connectivity index (χ1v) is 8.01. The van der Waals surface area contributed by atoms with Gasteiger partial charge < -0.3 is 29.6 Å². The number of aliphatic carboxylic acids is 1. The van der Waals surface area contributed by atoms with Gasteiger partial charge in [0.1, 0.15) is 22.9 Å². The molecule has 0 aliphatic carbocycles. The summed E-state index contributed by atoms with van der Waals surface area (Å²) in [4.78, 5) is 26.1. The molecule has 27 heavy (non-hydrogen) atoms. The fourth-order valence-corrected chi connectivity index (χ4v) is 2.57. The summed E-state index contributed by atoms with van der Waals surface area (Å²) in [6.07, 6.45) is 0. The Bertz CT molecular complexity index is 978. The molecule has 1 amide bonds. The number of hydrogen-bond donors (Lipinski definition) is 3. The van der Waals surface area contributed by atoms with Crippen LogP contribution in [0.15, 0.2) is 42.5 Å². The van der Waals surface area contributed by atoms with Crippen molar-refractivity contribution in [1.29, 1.82) is 0 Å². The Kier molecular flexibility index (Phi) is 5.16. The van der Waals surface area contributed by atoms with Crippen LogP contribution in [0.25, 0.3) is 10.9 Å². The Hall–Kier alpha value is -3.68. The molecule has 3 rings (SSSR count). The number of aromatic nitrogens is 1. The molecular weight excluding hydrogens is 352 g/mol. The molecule has 1 heterocycles. The highest BCUT2D eigenvalue weighted by molar-refractivity contribution is 6.06. The molecule has 140 valence electrons. The van der Waals surface area contributed by atoms with Crippen molar-refractivity contribution >= 4 is 28.5 Å². The molecule has 0 saturated heterocycles. The van der Waals surface area contributed by atoms with Crippen molar-refractivity contribution in [2.45, 2.75) is 0 Å². The zero-order valence-electron chi connectivity index (χ0n) is 14.7. The zero-order chi connectivity index (χ0) is 19.4. The minimum atomic E-state index is -1.06. The van der Waals surface area contributed by atoms with Gasteiger partial charge in [-0.3, -0.25) is 4.79 Å². The predicted molar refractivity (Wildman–Crippen MR) is 98.9 cm³/mol.